The van der Waals surface area contributed by atoms with Crippen molar-refractivity contribution in [3.05, 3.63) is 67.5 Å². The summed E-state index contributed by atoms with van der Waals surface area (Å²) in [6.07, 6.45) is 2.13. The highest BCUT2D eigenvalue weighted by molar-refractivity contribution is 5.95. The number of rotatable bonds is 4. The summed E-state index contributed by atoms with van der Waals surface area (Å²) >= 11 is 0. The number of ketones is 1. The number of fused-ring (bicyclic) bond motifs is 1. The van der Waals surface area contributed by atoms with Crippen LogP contribution in [0.3, 0.4) is 0 Å². The molecule has 0 saturated carbocycles. The Morgan fingerprint density at radius 3 is 2.58 bits per heavy atom. The third-order valence-electron chi connectivity index (χ3n) is 4.43. The number of nitrogens with zero attached hydrogens (tertiary/aromatic N) is 3. The molecule has 0 saturated heterocycles. The maximum atomic E-state index is 12.5. The van der Waals surface area contributed by atoms with E-state index >= 15 is 0 Å². The second-order valence-corrected chi connectivity index (χ2v) is 5.84. The molecule has 0 atom stereocenters. The van der Waals surface area contributed by atoms with Crippen LogP contribution in [0.1, 0.15) is 40.5 Å². The standard InChI is InChI=1S/C18H17N3O3/c1-2-12-5-7-13(8-6-12)16(22)11-21-17(23)14(10-19)15-4-3-9-20(15)18(21)24/h5-8H,2-4,9,11H2,1H3. The summed E-state index contributed by atoms with van der Waals surface area (Å²) in [6, 6.07) is 8.99. The Balaban J connectivity index is 2.01. The third kappa shape index (κ3) is 2.58. The minimum absolute atomic E-state index is 0.0266. The van der Waals surface area contributed by atoms with Crippen LogP contribution >= 0.6 is 0 Å². The van der Waals surface area contributed by atoms with E-state index < -0.39 is 11.2 Å². The summed E-state index contributed by atoms with van der Waals surface area (Å²) in [5.41, 5.74) is 0.833. The second-order valence-electron chi connectivity index (χ2n) is 5.84. The van der Waals surface area contributed by atoms with Gasteiger partial charge in [0.2, 0.25) is 0 Å². The molecular formula is C18H17N3O3. The topological polar surface area (TPSA) is 84.9 Å². The second kappa shape index (κ2) is 6.28. The molecule has 2 aromatic rings. The van der Waals surface area contributed by atoms with E-state index in [1.807, 2.05) is 25.1 Å². The van der Waals surface area contributed by atoms with E-state index in [0.29, 0.717) is 24.2 Å². The van der Waals surface area contributed by atoms with E-state index in [4.69, 9.17) is 0 Å². The molecule has 0 N–H and O–H groups in total. The van der Waals surface area contributed by atoms with Crippen molar-refractivity contribution in [2.75, 3.05) is 0 Å². The van der Waals surface area contributed by atoms with Crippen molar-refractivity contribution in [1.29, 1.82) is 5.26 Å². The number of hydrogen-bond donors (Lipinski definition) is 0. The number of carbonyl (C=O) groups excluding carboxylic acids is 1. The largest absolute Gasteiger partial charge is 0.331 e. The number of Topliss-reactive ketones (excluding diaryl/α,β-unsaturated/α-hetero) is 1. The molecule has 3 rings (SSSR count). The lowest BCUT2D eigenvalue weighted by molar-refractivity contribution is 0.0968. The first-order valence-electron chi connectivity index (χ1n) is 7.95. The predicted molar refractivity (Wildman–Crippen MR) is 88.1 cm³/mol. The van der Waals surface area contributed by atoms with Crippen molar-refractivity contribution < 1.29 is 4.79 Å². The van der Waals surface area contributed by atoms with Crippen LogP contribution in [-0.4, -0.2) is 14.9 Å². The Kier molecular flexibility index (Phi) is 4.17. The van der Waals surface area contributed by atoms with Crippen molar-refractivity contribution >= 4 is 5.78 Å². The Labute approximate surface area is 138 Å². The first kappa shape index (κ1) is 15.9. The SMILES string of the molecule is CCc1ccc(C(=O)Cn2c(=O)c(C#N)c3n(c2=O)CCC3)cc1. The quantitative estimate of drug-likeness (QED) is 0.793. The summed E-state index contributed by atoms with van der Waals surface area (Å²) in [6.45, 7) is 2.14. The van der Waals surface area contributed by atoms with Gasteiger partial charge >= 0.3 is 5.69 Å². The lowest BCUT2D eigenvalue weighted by atomic mass is 10.1. The van der Waals surface area contributed by atoms with Crippen LogP contribution < -0.4 is 11.2 Å². The molecule has 24 heavy (non-hydrogen) atoms. The number of carbonyl (C=O) groups is 1. The summed E-state index contributed by atoms with van der Waals surface area (Å²) in [4.78, 5) is 37.3. The lowest BCUT2D eigenvalue weighted by Gasteiger charge is -2.10. The van der Waals surface area contributed by atoms with E-state index in [0.717, 1.165) is 23.0 Å². The maximum absolute atomic E-state index is 12.5. The van der Waals surface area contributed by atoms with Crippen LogP contribution in [0.4, 0.5) is 0 Å². The van der Waals surface area contributed by atoms with Gasteiger partial charge in [-0.25, -0.2) is 4.79 Å². The van der Waals surface area contributed by atoms with Crippen molar-refractivity contribution in [2.24, 2.45) is 0 Å². The van der Waals surface area contributed by atoms with E-state index in [2.05, 4.69) is 0 Å². The summed E-state index contributed by atoms with van der Waals surface area (Å²) in [5.74, 6) is -0.320. The summed E-state index contributed by atoms with van der Waals surface area (Å²) < 4.78 is 2.32. The van der Waals surface area contributed by atoms with Gasteiger partial charge < -0.3 is 0 Å². The molecule has 122 valence electrons. The van der Waals surface area contributed by atoms with Crippen LogP contribution in [0, 0.1) is 11.3 Å². The lowest BCUT2D eigenvalue weighted by Crippen LogP contribution is -2.43. The zero-order chi connectivity index (χ0) is 17.3. The molecule has 1 aliphatic rings. The van der Waals surface area contributed by atoms with Gasteiger partial charge in [0, 0.05) is 17.8 Å². The average molecular weight is 323 g/mol. The Morgan fingerprint density at radius 2 is 1.96 bits per heavy atom. The smallest absolute Gasteiger partial charge is 0.296 e. The zero-order valence-electron chi connectivity index (χ0n) is 13.4. The van der Waals surface area contributed by atoms with Crippen LogP contribution in [0.5, 0.6) is 0 Å². The Morgan fingerprint density at radius 1 is 1.25 bits per heavy atom. The predicted octanol–water partition coefficient (Wildman–Crippen LogP) is 1.27. The molecule has 0 aliphatic carbocycles. The fourth-order valence-electron chi connectivity index (χ4n) is 3.05. The number of aryl methyl sites for hydroxylation is 1. The van der Waals surface area contributed by atoms with Crippen LogP contribution in [0.2, 0.25) is 0 Å². The molecule has 1 aliphatic heterocycles. The fourth-order valence-corrected chi connectivity index (χ4v) is 3.05. The van der Waals surface area contributed by atoms with Gasteiger partial charge in [0.15, 0.2) is 5.78 Å². The van der Waals surface area contributed by atoms with Gasteiger partial charge in [-0.15, -0.1) is 0 Å². The van der Waals surface area contributed by atoms with E-state index in [1.165, 1.54) is 4.57 Å². The minimum atomic E-state index is -0.672. The van der Waals surface area contributed by atoms with Gasteiger partial charge in [0.1, 0.15) is 11.6 Å². The monoisotopic (exact) mass is 323 g/mol. The normalized spacial score (nSPS) is 12.7. The third-order valence-corrected chi connectivity index (χ3v) is 4.43. The summed E-state index contributed by atoms with van der Waals surface area (Å²) in [7, 11) is 0. The minimum Gasteiger partial charge on any atom is -0.296 e. The molecular weight excluding hydrogens is 306 g/mol. The molecule has 2 heterocycles. The van der Waals surface area contributed by atoms with E-state index in [1.54, 1.807) is 12.1 Å². The molecule has 0 fully saturated rings. The van der Waals surface area contributed by atoms with Gasteiger partial charge in [-0.05, 0) is 24.8 Å². The Bertz CT molecular complexity index is 959. The van der Waals surface area contributed by atoms with Gasteiger partial charge in [0.05, 0.1) is 6.54 Å². The molecule has 0 unspecified atom stereocenters. The first-order chi connectivity index (χ1) is 11.6. The van der Waals surface area contributed by atoms with Crippen LogP contribution in [0.25, 0.3) is 0 Å². The van der Waals surface area contributed by atoms with Crippen molar-refractivity contribution in [3.8, 4) is 6.07 Å². The molecule has 1 aromatic heterocycles. The fraction of sp³-hybridized carbons (Fsp3) is 0.333. The highest BCUT2D eigenvalue weighted by Gasteiger charge is 2.23. The molecule has 0 bridgehead atoms. The number of aromatic nitrogens is 2. The van der Waals surface area contributed by atoms with Crippen LogP contribution in [0.15, 0.2) is 33.9 Å². The zero-order valence-corrected chi connectivity index (χ0v) is 13.4. The van der Waals surface area contributed by atoms with Crippen molar-refractivity contribution in [2.45, 2.75) is 39.3 Å². The van der Waals surface area contributed by atoms with Gasteiger partial charge in [-0.3, -0.25) is 18.7 Å². The van der Waals surface area contributed by atoms with Crippen molar-refractivity contribution in [1.82, 2.24) is 9.13 Å². The van der Waals surface area contributed by atoms with Gasteiger partial charge in [0.25, 0.3) is 5.56 Å². The first-order valence-corrected chi connectivity index (χ1v) is 7.95. The molecule has 0 radical (unpaired) electrons. The maximum Gasteiger partial charge on any atom is 0.331 e. The molecule has 0 amide bonds. The van der Waals surface area contributed by atoms with Crippen LogP contribution in [-0.2, 0) is 25.9 Å². The van der Waals surface area contributed by atoms with Gasteiger partial charge in [-0.1, -0.05) is 31.2 Å². The number of hydrogen-bond acceptors (Lipinski definition) is 4. The number of benzene rings is 1. The highest BCUT2D eigenvalue weighted by Crippen LogP contribution is 2.13. The Hall–Kier alpha value is -2.94. The molecule has 6 nitrogen and oxygen atoms in total. The molecule has 6 heteroatoms. The summed E-state index contributed by atoms with van der Waals surface area (Å²) in [5, 5.41) is 9.24. The van der Waals surface area contributed by atoms with Crippen molar-refractivity contribution in [3.63, 3.8) is 0 Å². The van der Waals surface area contributed by atoms with E-state index in [-0.39, 0.29) is 17.9 Å². The average Bonchev–Trinajstić information content (AvgIpc) is 3.08. The van der Waals surface area contributed by atoms with E-state index in [9.17, 15) is 19.6 Å². The molecule has 0 spiro atoms. The van der Waals surface area contributed by atoms with Gasteiger partial charge in [-0.2, -0.15) is 5.26 Å². The number of nitriles is 1. The molecule has 1 aromatic carbocycles. The highest BCUT2D eigenvalue weighted by atomic mass is 16.2.